The van der Waals surface area contributed by atoms with Crippen molar-refractivity contribution >= 4 is 15.7 Å². The number of piperazine rings is 1. The van der Waals surface area contributed by atoms with E-state index >= 15 is 0 Å². The van der Waals surface area contributed by atoms with Gasteiger partial charge in [0, 0.05) is 5.69 Å². The Hall–Kier alpha value is -2.03. The van der Waals surface area contributed by atoms with Crippen LogP contribution in [0.4, 0.5) is 14.5 Å². The predicted molar refractivity (Wildman–Crippen MR) is 101 cm³/mol. The molecule has 5 nitrogen and oxygen atoms in total. The van der Waals surface area contributed by atoms with Crippen molar-refractivity contribution in [2.75, 3.05) is 44.2 Å². The highest BCUT2D eigenvalue weighted by Crippen LogP contribution is 2.15. The molecular weight excluding hydrogens is 372 g/mol. The van der Waals surface area contributed by atoms with Crippen LogP contribution in [0.3, 0.4) is 0 Å². The third-order valence-electron chi connectivity index (χ3n) is 4.68. The Kier molecular flexibility index (Phi) is 6.41. The zero-order valence-electron chi connectivity index (χ0n) is 14.9. The number of hydrogen-bond donors (Lipinski definition) is 1. The maximum Gasteiger partial charge on any atom is 0.123 e. The highest BCUT2D eigenvalue weighted by atomic mass is 32.2. The Morgan fingerprint density at radius 3 is 2.07 bits per heavy atom. The third kappa shape index (κ3) is 5.98. The Morgan fingerprint density at radius 1 is 0.926 bits per heavy atom. The highest BCUT2D eigenvalue weighted by Gasteiger charge is 2.19. The molecule has 0 spiro atoms. The van der Waals surface area contributed by atoms with E-state index in [4.69, 9.17) is 0 Å². The molecule has 3 rings (SSSR count). The molecule has 27 heavy (non-hydrogen) atoms. The van der Waals surface area contributed by atoms with Crippen LogP contribution >= 0.6 is 0 Å². The molecular formula is C19H23F2N3O2S. The number of nitrogens with zero attached hydrogens (tertiary/aromatic N) is 2. The minimum atomic E-state index is -3.56. The summed E-state index contributed by atoms with van der Waals surface area (Å²) in [6, 6.07) is 11.9. The summed E-state index contributed by atoms with van der Waals surface area (Å²) in [5.74, 6) is -0.844. The first-order valence-corrected chi connectivity index (χ1v) is 10.5. The second-order valence-electron chi connectivity index (χ2n) is 6.67. The van der Waals surface area contributed by atoms with Crippen molar-refractivity contribution in [2.24, 2.45) is 0 Å². The molecule has 1 aliphatic heterocycles. The molecule has 1 heterocycles. The summed E-state index contributed by atoms with van der Waals surface area (Å²) in [7, 11) is -3.56. The lowest BCUT2D eigenvalue weighted by Gasteiger charge is -2.35. The number of anilines is 1. The van der Waals surface area contributed by atoms with Gasteiger partial charge in [0.05, 0.1) is 48.5 Å². The van der Waals surface area contributed by atoms with Crippen LogP contribution in [0.5, 0.6) is 0 Å². The van der Waals surface area contributed by atoms with Crippen molar-refractivity contribution in [1.82, 2.24) is 0 Å². The smallest absolute Gasteiger partial charge is 0.123 e. The molecule has 1 saturated heterocycles. The van der Waals surface area contributed by atoms with Crippen molar-refractivity contribution in [2.45, 2.75) is 5.75 Å². The Morgan fingerprint density at radius 2 is 1.48 bits per heavy atom. The number of hydrogen-bond acceptors (Lipinski definition) is 3. The Bertz CT molecular complexity index is 834. The number of rotatable bonds is 7. The van der Waals surface area contributed by atoms with Gasteiger partial charge >= 0.3 is 0 Å². The van der Waals surface area contributed by atoms with Gasteiger partial charge in [-0.25, -0.2) is 17.2 Å². The van der Waals surface area contributed by atoms with Crippen molar-refractivity contribution in [3.8, 4) is 0 Å². The molecule has 1 fully saturated rings. The molecule has 1 aliphatic rings. The van der Waals surface area contributed by atoms with E-state index in [9.17, 15) is 17.2 Å². The van der Waals surface area contributed by atoms with E-state index in [0.717, 1.165) is 31.9 Å². The predicted octanol–water partition coefficient (Wildman–Crippen LogP) is 1.57. The van der Waals surface area contributed by atoms with Crippen LogP contribution in [0.2, 0.25) is 0 Å². The molecule has 146 valence electrons. The second kappa shape index (κ2) is 8.77. The Balaban J connectivity index is 1.40. The van der Waals surface area contributed by atoms with Gasteiger partial charge in [0.1, 0.15) is 11.6 Å². The lowest BCUT2D eigenvalue weighted by atomic mass is 10.2. The molecule has 0 atom stereocenters. The van der Waals surface area contributed by atoms with Gasteiger partial charge in [-0.3, -0.25) is 0 Å². The summed E-state index contributed by atoms with van der Waals surface area (Å²) in [4.78, 5) is 3.50. The van der Waals surface area contributed by atoms with Gasteiger partial charge in [0.15, 0.2) is 0 Å². The SMILES string of the molecule is O=S(=O)(Cc1ccc(F)cc1)[N-]CC[NH+]1CCN(c2ccc(F)cc2)CC1. The van der Waals surface area contributed by atoms with Gasteiger partial charge in [0.25, 0.3) is 0 Å². The van der Waals surface area contributed by atoms with Crippen LogP contribution in [-0.2, 0) is 15.8 Å². The molecule has 0 aliphatic carbocycles. The first-order chi connectivity index (χ1) is 12.9. The van der Waals surface area contributed by atoms with Crippen LogP contribution in [0.25, 0.3) is 4.72 Å². The van der Waals surface area contributed by atoms with Gasteiger partial charge < -0.3 is 14.5 Å². The molecule has 0 saturated carbocycles. The van der Waals surface area contributed by atoms with Gasteiger partial charge in [-0.15, -0.1) is 0 Å². The van der Waals surface area contributed by atoms with E-state index in [1.807, 2.05) is 0 Å². The summed E-state index contributed by atoms with van der Waals surface area (Å²) in [5.41, 5.74) is 1.53. The van der Waals surface area contributed by atoms with Crippen molar-refractivity contribution in [1.29, 1.82) is 0 Å². The fourth-order valence-electron chi connectivity index (χ4n) is 3.16. The standard InChI is InChI=1S/C19H22F2N3O2S/c20-17-3-1-16(2-4-17)15-27(25,26)22-9-10-23-11-13-24(14-12-23)19-7-5-18(21)6-8-19/h1-8H,9-15H2/q-1/p+1. The normalized spacial score (nSPS) is 15.9. The summed E-state index contributed by atoms with van der Waals surface area (Å²) in [5, 5.41) is 0. The number of nitrogens with one attached hydrogen (secondary N) is 1. The topological polar surface area (TPSA) is 55.9 Å². The van der Waals surface area contributed by atoms with Gasteiger partial charge in [0.2, 0.25) is 0 Å². The summed E-state index contributed by atoms with van der Waals surface area (Å²) in [6.45, 7) is 4.33. The number of benzene rings is 2. The molecule has 0 aromatic heterocycles. The molecule has 0 unspecified atom stereocenters. The maximum absolute atomic E-state index is 13.0. The molecule has 0 amide bonds. The average molecular weight is 395 g/mol. The van der Waals surface area contributed by atoms with Crippen LogP contribution in [-0.4, -0.2) is 47.7 Å². The largest absolute Gasteiger partial charge is 0.544 e. The quantitative estimate of drug-likeness (QED) is 0.774. The average Bonchev–Trinajstić information content (AvgIpc) is 2.65. The van der Waals surface area contributed by atoms with E-state index in [1.54, 1.807) is 12.1 Å². The molecule has 1 N–H and O–H groups in total. The van der Waals surface area contributed by atoms with Crippen molar-refractivity contribution in [3.63, 3.8) is 0 Å². The molecule has 0 bridgehead atoms. The summed E-state index contributed by atoms with van der Waals surface area (Å²) >= 11 is 0. The van der Waals surface area contributed by atoms with Crippen molar-refractivity contribution in [3.05, 3.63) is 70.5 Å². The zero-order chi connectivity index (χ0) is 19.3. The molecule has 8 heteroatoms. The minimum Gasteiger partial charge on any atom is -0.544 e. The van der Waals surface area contributed by atoms with E-state index in [0.29, 0.717) is 12.1 Å². The van der Waals surface area contributed by atoms with E-state index in [-0.39, 0.29) is 18.1 Å². The lowest BCUT2D eigenvalue weighted by Crippen LogP contribution is -3.15. The fourth-order valence-corrected chi connectivity index (χ4v) is 4.24. The lowest BCUT2D eigenvalue weighted by molar-refractivity contribution is -0.898. The minimum absolute atomic E-state index is 0.207. The molecule has 0 radical (unpaired) electrons. The summed E-state index contributed by atoms with van der Waals surface area (Å²) < 4.78 is 53.9. The van der Waals surface area contributed by atoms with Crippen LogP contribution in [0, 0.1) is 11.6 Å². The van der Waals surface area contributed by atoms with Crippen molar-refractivity contribution < 1.29 is 22.1 Å². The van der Waals surface area contributed by atoms with Gasteiger partial charge in [-0.2, -0.15) is 0 Å². The summed E-state index contributed by atoms with van der Waals surface area (Å²) in [6.07, 6.45) is 0. The number of sulfonamides is 1. The molecule has 2 aromatic rings. The first-order valence-electron chi connectivity index (χ1n) is 8.91. The van der Waals surface area contributed by atoms with Crippen LogP contribution < -0.4 is 9.80 Å². The van der Waals surface area contributed by atoms with Gasteiger partial charge in [-0.05, 0) is 42.0 Å². The fraction of sp³-hybridized carbons (Fsp3) is 0.368. The third-order valence-corrected chi connectivity index (χ3v) is 5.95. The van der Waals surface area contributed by atoms with Crippen LogP contribution in [0.1, 0.15) is 5.56 Å². The Labute approximate surface area is 158 Å². The number of quaternary nitrogens is 1. The molecule has 2 aromatic carbocycles. The maximum atomic E-state index is 13.0. The second-order valence-corrected chi connectivity index (χ2v) is 8.38. The highest BCUT2D eigenvalue weighted by molar-refractivity contribution is 7.93. The zero-order valence-corrected chi connectivity index (χ0v) is 15.8. The van der Waals surface area contributed by atoms with Crippen LogP contribution in [0.15, 0.2) is 48.5 Å². The monoisotopic (exact) mass is 395 g/mol. The van der Waals surface area contributed by atoms with E-state index in [2.05, 4.69) is 9.62 Å². The number of halogens is 2. The first kappa shape index (κ1) is 19.7. The van der Waals surface area contributed by atoms with E-state index < -0.39 is 15.8 Å². The van der Waals surface area contributed by atoms with Gasteiger partial charge in [-0.1, -0.05) is 18.7 Å². The van der Waals surface area contributed by atoms with E-state index in [1.165, 1.54) is 41.3 Å².